The molecule has 5 nitrogen and oxygen atoms in total. The number of pyridine rings is 1. The predicted octanol–water partition coefficient (Wildman–Crippen LogP) is 5.04. The molecule has 2 aromatic heterocycles. The molecule has 1 N–H and O–H groups in total. The molecule has 4 rings (SSSR count). The van der Waals surface area contributed by atoms with E-state index < -0.39 is 5.97 Å². The Balaban J connectivity index is 0.000000272. The number of carboxylic acids is 1. The van der Waals surface area contributed by atoms with Gasteiger partial charge in [0.05, 0.1) is 11.5 Å². The molecule has 0 aliphatic carbocycles. The van der Waals surface area contributed by atoms with Crippen molar-refractivity contribution < 1.29 is 31.0 Å². The van der Waals surface area contributed by atoms with E-state index in [1.165, 1.54) is 29.1 Å². The van der Waals surface area contributed by atoms with Crippen LogP contribution in [-0.2, 0) is 21.1 Å². The van der Waals surface area contributed by atoms with Gasteiger partial charge in [-0.15, -0.1) is 35.9 Å². The molecule has 0 saturated carbocycles. The fraction of sp³-hybridized carbons (Fsp3) is 0.125. The Morgan fingerprint density at radius 1 is 0.967 bits per heavy atom. The van der Waals surface area contributed by atoms with Crippen LogP contribution in [0.4, 0.5) is 0 Å². The van der Waals surface area contributed by atoms with E-state index in [1.54, 1.807) is 12.1 Å². The first kappa shape index (κ1) is 23.2. The molecule has 4 aromatic rings. The maximum atomic E-state index is 10.1. The molecule has 0 fully saturated rings. The average molecular weight is 580 g/mol. The molecule has 0 spiro atoms. The van der Waals surface area contributed by atoms with E-state index in [0.29, 0.717) is 0 Å². The Labute approximate surface area is 190 Å². The number of aryl methyl sites for hydroxylation is 3. The van der Waals surface area contributed by atoms with Gasteiger partial charge >= 0.3 is 5.97 Å². The Hall–Kier alpha value is -3.04. The van der Waals surface area contributed by atoms with Gasteiger partial charge in [-0.05, 0) is 50.2 Å². The molecular formula is C24H22N3O2Pt-. The maximum absolute atomic E-state index is 10.1. The van der Waals surface area contributed by atoms with Crippen molar-refractivity contribution in [1.82, 2.24) is 14.5 Å². The van der Waals surface area contributed by atoms with Crippen LogP contribution in [0.2, 0.25) is 0 Å². The smallest absolute Gasteiger partial charge is 0.354 e. The number of aromatic nitrogens is 3. The van der Waals surface area contributed by atoms with Gasteiger partial charge in [0, 0.05) is 33.0 Å². The van der Waals surface area contributed by atoms with Crippen LogP contribution in [0.25, 0.3) is 16.9 Å². The van der Waals surface area contributed by atoms with E-state index in [1.807, 2.05) is 31.2 Å². The molecule has 0 atom stereocenters. The Bertz CT molecular complexity index is 1090. The Kier molecular flexibility index (Phi) is 8.25. The number of hydrogen-bond acceptors (Lipinski definition) is 3. The van der Waals surface area contributed by atoms with Gasteiger partial charge in [0.2, 0.25) is 0 Å². The number of benzene rings is 2. The van der Waals surface area contributed by atoms with E-state index in [9.17, 15) is 4.79 Å². The minimum Gasteiger partial charge on any atom is -0.477 e. The van der Waals surface area contributed by atoms with E-state index >= 15 is 0 Å². The van der Waals surface area contributed by atoms with Crippen molar-refractivity contribution in [2.45, 2.75) is 20.8 Å². The quantitative estimate of drug-likeness (QED) is 0.346. The summed E-state index contributed by atoms with van der Waals surface area (Å²) in [5.41, 5.74) is 5.81. The summed E-state index contributed by atoms with van der Waals surface area (Å²) in [6, 6.07) is 22.3. The van der Waals surface area contributed by atoms with E-state index in [2.05, 4.69) is 58.8 Å². The summed E-state index contributed by atoms with van der Waals surface area (Å²) >= 11 is 0. The number of nitrogens with zero attached hydrogens (tertiary/aromatic N) is 3. The van der Waals surface area contributed by atoms with Crippen molar-refractivity contribution in [1.29, 1.82) is 0 Å². The van der Waals surface area contributed by atoms with Crippen LogP contribution in [0.3, 0.4) is 0 Å². The zero-order valence-corrected chi connectivity index (χ0v) is 19.2. The molecule has 2 heterocycles. The van der Waals surface area contributed by atoms with Crippen LogP contribution in [0.1, 0.15) is 27.4 Å². The molecule has 6 heteroatoms. The van der Waals surface area contributed by atoms with E-state index in [0.717, 1.165) is 17.1 Å². The van der Waals surface area contributed by atoms with Crippen LogP contribution in [-0.4, -0.2) is 25.6 Å². The molecule has 2 aromatic carbocycles. The van der Waals surface area contributed by atoms with Crippen molar-refractivity contribution in [3.8, 4) is 16.9 Å². The topological polar surface area (TPSA) is 68.0 Å². The molecule has 0 amide bonds. The number of imidazole rings is 1. The fourth-order valence-corrected chi connectivity index (χ4v) is 3.06. The van der Waals surface area contributed by atoms with Crippen LogP contribution in [0.5, 0.6) is 0 Å². The van der Waals surface area contributed by atoms with Gasteiger partial charge in [0.15, 0.2) is 0 Å². The first-order chi connectivity index (χ1) is 14.0. The number of rotatable bonds is 3. The van der Waals surface area contributed by atoms with E-state index in [4.69, 9.17) is 5.11 Å². The minimum absolute atomic E-state index is 0. The van der Waals surface area contributed by atoms with Gasteiger partial charge in [0.1, 0.15) is 5.69 Å². The van der Waals surface area contributed by atoms with Crippen LogP contribution >= 0.6 is 0 Å². The molecule has 0 aliphatic heterocycles. The summed E-state index contributed by atoms with van der Waals surface area (Å²) in [6.45, 7) is 6.31. The summed E-state index contributed by atoms with van der Waals surface area (Å²) in [7, 11) is 0. The van der Waals surface area contributed by atoms with Gasteiger partial charge in [-0.2, -0.15) is 0 Å². The molecule has 0 bridgehead atoms. The third-order valence-electron chi connectivity index (χ3n) is 4.43. The molecule has 156 valence electrons. The standard InChI is InChI=1S/C18H17N2.C6H5NO2.Pt/c1-13-8-7-9-14(2)18(13)20-12-17(19-15(20)3)16-10-5-4-6-11-16;8-6(9)5-3-1-2-4-7-5;/h4-10,12H,1-3H3;1-4H,(H,8,9);/q-1;;. The van der Waals surface area contributed by atoms with Crippen molar-refractivity contribution >= 4 is 5.97 Å². The predicted molar refractivity (Wildman–Crippen MR) is 113 cm³/mol. The summed E-state index contributed by atoms with van der Waals surface area (Å²) in [5, 5.41) is 8.32. The first-order valence-electron chi connectivity index (χ1n) is 9.21. The SMILES string of the molecule is Cc1cccc(C)c1-n1cc(-c2[c-]cccc2)nc1C.O=C(O)c1ccccn1.[Pt]. The van der Waals surface area contributed by atoms with Gasteiger partial charge in [-0.3, -0.25) is 4.98 Å². The summed E-state index contributed by atoms with van der Waals surface area (Å²) in [5.74, 6) is 0.00486. The number of carboxylic acid groups (broad SMARTS) is 1. The third kappa shape index (κ3) is 5.52. The van der Waals surface area contributed by atoms with Gasteiger partial charge in [-0.25, -0.2) is 9.78 Å². The van der Waals surface area contributed by atoms with Crippen molar-refractivity contribution in [2.75, 3.05) is 0 Å². The Morgan fingerprint density at radius 2 is 1.67 bits per heavy atom. The zero-order valence-electron chi connectivity index (χ0n) is 16.9. The minimum atomic E-state index is -0.990. The van der Waals surface area contributed by atoms with Crippen molar-refractivity contribution in [2.24, 2.45) is 0 Å². The largest absolute Gasteiger partial charge is 0.477 e. The molecule has 0 unspecified atom stereocenters. The zero-order chi connectivity index (χ0) is 20.8. The number of para-hydroxylation sites is 1. The summed E-state index contributed by atoms with van der Waals surface area (Å²) < 4.78 is 2.17. The van der Waals surface area contributed by atoms with Gasteiger partial charge in [-0.1, -0.05) is 24.3 Å². The molecule has 0 radical (unpaired) electrons. The van der Waals surface area contributed by atoms with Crippen molar-refractivity contribution in [3.05, 3.63) is 102 Å². The van der Waals surface area contributed by atoms with Crippen LogP contribution in [0, 0.1) is 26.8 Å². The van der Waals surface area contributed by atoms with Crippen LogP contribution < -0.4 is 0 Å². The number of carbonyl (C=O) groups is 1. The summed E-state index contributed by atoms with van der Waals surface area (Å²) in [6.07, 6.45) is 3.54. The van der Waals surface area contributed by atoms with Gasteiger partial charge < -0.3 is 9.67 Å². The normalized spacial score (nSPS) is 9.83. The maximum Gasteiger partial charge on any atom is 0.354 e. The first-order valence-corrected chi connectivity index (χ1v) is 9.21. The van der Waals surface area contributed by atoms with Crippen LogP contribution in [0.15, 0.2) is 73.1 Å². The second kappa shape index (κ2) is 10.7. The second-order valence-electron chi connectivity index (χ2n) is 6.58. The van der Waals surface area contributed by atoms with Crippen molar-refractivity contribution in [3.63, 3.8) is 0 Å². The van der Waals surface area contributed by atoms with E-state index in [-0.39, 0.29) is 26.8 Å². The Morgan fingerprint density at radius 3 is 2.20 bits per heavy atom. The molecule has 0 saturated heterocycles. The summed E-state index contributed by atoms with van der Waals surface area (Å²) in [4.78, 5) is 18.4. The molecular weight excluding hydrogens is 557 g/mol. The number of aromatic carboxylic acids is 1. The molecule has 30 heavy (non-hydrogen) atoms. The average Bonchev–Trinajstić information content (AvgIpc) is 3.11. The number of hydrogen-bond donors (Lipinski definition) is 1. The fourth-order valence-electron chi connectivity index (χ4n) is 3.06. The molecule has 0 aliphatic rings. The third-order valence-corrected chi connectivity index (χ3v) is 4.43. The second-order valence-corrected chi connectivity index (χ2v) is 6.58. The van der Waals surface area contributed by atoms with Gasteiger partial charge in [0.25, 0.3) is 0 Å². The monoisotopic (exact) mass is 579 g/mol.